The quantitative estimate of drug-likeness (QED) is 0.812. The first-order valence-corrected chi connectivity index (χ1v) is 9.86. The average molecular weight is 355 g/mol. The topological polar surface area (TPSA) is 79.9 Å². The van der Waals surface area contributed by atoms with Crippen LogP contribution < -0.4 is 19.1 Å². The molecule has 2 fully saturated rings. The Balaban J connectivity index is 1.77. The Hall–Kier alpha value is -1.51. The third kappa shape index (κ3) is 4.31. The second-order valence-corrected chi connectivity index (χ2v) is 7.64. The van der Waals surface area contributed by atoms with Crippen molar-refractivity contribution < 1.29 is 17.9 Å². The van der Waals surface area contributed by atoms with Gasteiger partial charge in [0, 0.05) is 24.8 Å². The molecule has 2 N–H and O–H groups in total. The predicted octanol–water partition coefficient (Wildman–Crippen LogP) is 1.72. The van der Waals surface area contributed by atoms with E-state index in [2.05, 4.69) is 14.3 Å². The number of nitrogens with one attached hydrogen (secondary N) is 2. The van der Waals surface area contributed by atoms with E-state index in [4.69, 9.17) is 9.47 Å². The molecule has 1 aromatic rings. The van der Waals surface area contributed by atoms with Gasteiger partial charge in [-0.1, -0.05) is 12.8 Å². The second-order valence-electron chi connectivity index (χ2n) is 6.19. The molecule has 1 aliphatic heterocycles. The molecule has 8 heteroatoms. The van der Waals surface area contributed by atoms with Crippen molar-refractivity contribution in [3.05, 3.63) is 18.2 Å². The van der Waals surface area contributed by atoms with Gasteiger partial charge in [-0.15, -0.1) is 0 Å². The van der Waals surface area contributed by atoms with Crippen LogP contribution in [0.2, 0.25) is 0 Å². The number of hydrogen-bond donors (Lipinski definition) is 2. The second kappa shape index (κ2) is 7.58. The fraction of sp³-hybridized carbons (Fsp3) is 0.625. The first kappa shape index (κ1) is 17.3. The molecule has 0 bridgehead atoms. The first-order chi connectivity index (χ1) is 11.6. The number of benzene rings is 1. The highest BCUT2D eigenvalue weighted by molar-refractivity contribution is 7.90. The molecule has 0 atom stereocenters. The molecule has 2 aliphatic rings. The van der Waals surface area contributed by atoms with Crippen LogP contribution in [0.4, 0.5) is 11.4 Å². The monoisotopic (exact) mass is 355 g/mol. The number of hydrogen-bond acceptors (Lipinski definition) is 5. The SMILES string of the molecule is COc1ccc(N2CCOCC2)cc1NS(=O)(=O)NC1CCCC1. The standard InChI is InChI=1S/C16H25N3O4S/c1-22-16-7-6-14(19-8-10-23-11-9-19)12-15(16)18-24(20,21)17-13-4-2-3-5-13/h6-7,12-13,17-18H,2-5,8-11H2,1H3. The highest BCUT2D eigenvalue weighted by Gasteiger charge is 2.22. The van der Waals surface area contributed by atoms with Gasteiger partial charge in [0.05, 0.1) is 26.0 Å². The molecule has 1 saturated carbocycles. The lowest BCUT2D eigenvalue weighted by Crippen LogP contribution is -2.37. The smallest absolute Gasteiger partial charge is 0.299 e. The Kier molecular flexibility index (Phi) is 5.47. The lowest BCUT2D eigenvalue weighted by Gasteiger charge is -2.29. The Morgan fingerprint density at radius 2 is 1.92 bits per heavy atom. The van der Waals surface area contributed by atoms with Gasteiger partial charge in [-0.25, -0.2) is 0 Å². The van der Waals surface area contributed by atoms with Crippen molar-refractivity contribution in [2.45, 2.75) is 31.7 Å². The zero-order chi connectivity index (χ0) is 17.0. The van der Waals surface area contributed by atoms with Crippen molar-refractivity contribution in [1.29, 1.82) is 0 Å². The van der Waals surface area contributed by atoms with Crippen LogP contribution in [0.1, 0.15) is 25.7 Å². The minimum Gasteiger partial charge on any atom is -0.495 e. The predicted molar refractivity (Wildman–Crippen MR) is 94.0 cm³/mol. The van der Waals surface area contributed by atoms with Crippen molar-refractivity contribution in [3.63, 3.8) is 0 Å². The van der Waals surface area contributed by atoms with Gasteiger partial charge in [-0.2, -0.15) is 13.1 Å². The number of rotatable bonds is 6. The summed E-state index contributed by atoms with van der Waals surface area (Å²) in [7, 11) is -2.09. The molecule has 134 valence electrons. The van der Waals surface area contributed by atoms with Crippen LogP contribution in [0, 0.1) is 0 Å². The number of anilines is 2. The molecule has 7 nitrogen and oxygen atoms in total. The Bertz CT molecular complexity index is 653. The summed E-state index contributed by atoms with van der Waals surface area (Å²) in [6, 6.07) is 5.57. The van der Waals surface area contributed by atoms with E-state index in [0.29, 0.717) is 24.7 Å². The van der Waals surface area contributed by atoms with Crippen LogP contribution >= 0.6 is 0 Å². The Morgan fingerprint density at radius 3 is 2.58 bits per heavy atom. The molecule has 3 rings (SSSR count). The molecule has 1 aromatic carbocycles. The molecule has 0 spiro atoms. The van der Waals surface area contributed by atoms with Crippen molar-refractivity contribution in [3.8, 4) is 5.75 Å². The highest BCUT2D eigenvalue weighted by atomic mass is 32.2. The third-order valence-corrected chi connectivity index (χ3v) is 5.61. The van der Waals surface area contributed by atoms with Gasteiger partial charge in [0.15, 0.2) is 0 Å². The van der Waals surface area contributed by atoms with Crippen molar-refractivity contribution >= 4 is 21.6 Å². The van der Waals surface area contributed by atoms with E-state index in [1.165, 1.54) is 7.11 Å². The summed E-state index contributed by atoms with van der Waals surface area (Å²) in [5, 5.41) is 0. The van der Waals surface area contributed by atoms with Gasteiger partial charge in [0.1, 0.15) is 5.75 Å². The Morgan fingerprint density at radius 1 is 1.21 bits per heavy atom. The minimum atomic E-state index is -3.62. The lowest BCUT2D eigenvalue weighted by atomic mass is 10.2. The molecule has 1 heterocycles. The average Bonchev–Trinajstić information content (AvgIpc) is 3.07. The molecule has 0 aromatic heterocycles. The molecule has 0 unspecified atom stereocenters. The van der Waals surface area contributed by atoms with Crippen LogP contribution in [-0.2, 0) is 14.9 Å². The summed E-state index contributed by atoms with van der Waals surface area (Å²) >= 11 is 0. The van der Waals surface area contributed by atoms with Gasteiger partial charge < -0.3 is 14.4 Å². The maximum absolute atomic E-state index is 12.4. The van der Waals surface area contributed by atoms with Gasteiger partial charge in [-0.3, -0.25) is 4.72 Å². The number of ether oxygens (including phenoxy) is 2. The van der Waals surface area contributed by atoms with E-state index in [0.717, 1.165) is 44.5 Å². The van der Waals surface area contributed by atoms with Gasteiger partial charge in [-0.05, 0) is 31.0 Å². The number of nitrogens with zero attached hydrogens (tertiary/aromatic N) is 1. The van der Waals surface area contributed by atoms with Crippen LogP contribution in [0.3, 0.4) is 0 Å². The first-order valence-electron chi connectivity index (χ1n) is 8.38. The van der Waals surface area contributed by atoms with E-state index in [1.807, 2.05) is 12.1 Å². The van der Waals surface area contributed by atoms with Crippen molar-refractivity contribution in [2.75, 3.05) is 43.0 Å². The normalized spacial score (nSPS) is 19.5. The summed E-state index contributed by atoms with van der Waals surface area (Å²) < 4.78 is 40.8. The molecule has 24 heavy (non-hydrogen) atoms. The minimum absolute atomic E-state index is 0.0240. The van der Waals surface area contributed by atoms with E-state index < -0.39 is 10.2 Å². The zero-order valence-electron chi connectivity index (χ0n) is 14.0. The van der Waals surface area contributed by atoms with Gasteiger partial charge in [0.2, 0.25) is 0 Å². The molecule has 1 aliphatic carbocycles. The fourth-order valence-corrected chi connectivity index (χ4v) is 4.41. The third-order valence-electron chi connectivity index (χ3n) is 4.48. The lowest BCUT2D eigenvalue weighted by molar-refractivity contribution is 0.122. The van der Waals surface area contributed by atoms with Crippen molar-refractivity contribution in [2.24, 2.45) is 0 Å². The van der Waals surface area contributed by atoms with Crippen molar-refractivity contribution in [1.82, 2.24) is 4.72 Å². The van der Waals surface area contributed by atoms with Gasteiger partial charge >= 0.3 is 0 Å². The highest BCUT2D eigenvalue weighted by Crippen LogP contribution is 2.31. The number of morpholine rings is 1. The maximum Gasteiger partial charge on any atom is 0.299 e. The summed E-state index contributed by atoms with van der Waals surface area (Å²) in [5.41, 5.74) is 1.41. The summed E-state index contributed by atoms with van der Waals surface area (Å²) in [6.45, 7) is 2.93. The van der Waals surface area contributed by atoms with E-state index >= 15 is 0 Å². The van der Waals surface area contributed by atoms with E-state index in [9.17, 15) is 8.42 Å². The summed E-state index contributed by atoms with van der Waals surface area (Å²) in [6.07, 6.45) is 3.93. The summed E-state index contributed by atoms with van der Waals surface area (Å²) in [4.78, 5) is 2.17. The van der Waals surface area contributed by atoms with Crippen LogP contribution in [0.5, 0.6) is 5.75 Å². The largest absolute Gasteiger partial charge is 0.495 e. The number of methoxy groups -OCH3 is 1. The maximum atomic E-state index is 12.4. The van der Waals surface area contributed by atoms with Crippen LogP contribution in [0.25, 0.3) is 0 Å². The Labute approximate surface area is 143 Å². The van der Waals surface area contributed by atoms with Crippen LogP contribution in [0.15, 0.2) is 18.2 Å². The fourth-order valence-electron chi connectivity index (χ4n) is 3.23. The molecule has 1 saturated heterocycles. The summed E-state index contributed by atoms with van der Waals surface area (Å²) in [5.74, 6) is 0.504. The van der Waals surface area contributed by atoms with E-state index in [-0.39, 0.29) is 6.04 Å². The molecule has 0 amide bonds. The zero-order valence-corrected chi connectivity index (χ0v) is 14.8. The van der Waals surface area contributed by atoms with E-state index in [1.54, 1.807) is 6.07 Å². The van der Waals surface area contributed by atoms with Crippen LogP contribution in [-0.4, -0.2) is 47.9 Å². The molecular weight excluding hydrogens is 330 g/mol. The molecule has 0 radical (unpaired) electrons. The van der Waals surface area contributed by atoms with Gasteiger partial charge in [0.25, 0.3) is 10.2 Å². The molecular formula is C16H25N3O4S.